The summed E-state index contributed by atoms with van der Waals surface area (Å²) in [6.45, 7) is 6.57. The highest BCUT2D eigenvalue weighted by Crippen LogP contribution is 2.22. The minimum Gasteiger partial charge on any atom is -0.486 e. The fourth-order valence-corrected chi connectivity index (χ4v) is 2.49. The largest absolute Gasteiger partial charge is 0.486 e. The number of H-pyrrole nitrogens is 1. The third kappa shape index (κ3) is 3.71. The predicted octanol–water partition coefficient (Wildman–Crippen LogP) is 3.29. The van der Waals surface area contributed by atoms with Gasteiger partial charge in [-0.1, -0.05) is 6.07 Å². The molecule has 124 valence electrons. The monoisotopic (exact) mass is 323 g/mol. The van der Waals surface area contributed by atoms with Gasteiger partial charge in [0.25, 0.3) is 0 Å². The molecule has 2 aromatic heterocycles. The van der Waals surface area contributed by atoms with E-state index >= 15 is 0 Å². The standard InChI is InChI=1S/C18H21N5O/c1-3-23(4-2)15-8-5-9-16(11-15)24-13-17-20-18(22-21-17)14-7-6-10-19-12-14/h5-12H,3-4,13H2,1-2H3,(H,20,21,22). The van der Waals surface area contributed by atoms with Crippen LogP contribution in [0.4, 0.5) is 5.69 Å². The first-order valence-corrected chi connectivity index (χ1v) is 8.09. The molecule has 3 rings (SSSR count). The lowest BCUT2D eigenvalue weighted by Crippen LogP contribution is -2.21. The molecule has 3 aromatic rings. The number of aromatic amines is 1. The summed E-state index contributed by atoms with van der Waals surface area (Å²) in [4.78, 5) is 10.8. The Hall–Kier alpha value is -2.89. The van der Waals surface area contributed by atoms with Crippen LogP contribution >= 0.6 is 0 Å². The molecule has 1 N–H and O–H groups in total. The maximum Gasteiger partial charge on any atom is 0.182 e. The van der Waals surface area contributed by atoms with Gasteiger partial charge in [-0.15, -0.1) is 0 Å². The Kier molecular flexibility index (Phi) is 5.05. The van der Waals surface area contributed by atoms with Crippen molar-refractivity contribution >= 4 is 5.69 Å². The van der Waals surface area contributed by atoms with Crippen LogP contribution in [0.1, 0.15) is 19.7 Å². The minimum absolute atomic E-state index is 0.342. The van der Waals surface area contributed by atoms with E-state index < -0.39 is 0 Å². The second kappa shape index (κ2) is 7.59. The summed E-state index contributed by atoms with van der Waals surface area (Å²) in [6, 6.07) is 11.9. The molecule has 0 atom stereocenters. The van der Waals surface area contributed by atoms with Gasteiger partial charge in [0.2, 0.25) is 0 Å². The number of hydrogen-bond donors (Lipinski definition) is 1. The van der Waals surface area contributed by atoms with Gasteiger partial charge in [-0.2, -0.15) is 5.10 Å². The summed E-state index contributed by atoms with van der Waals surface area (Å²) in [5.41, 5.74) is 2.04. The number of hydrogen-bond acceptors (Lipinski definition) is 5. The summed E-state index contributed by atoms with van der Waals surface area (Å²) in [7, 11) is 0. The van der Waals surface area contributed by atoms with E-state index in [1.54, 1.807) is 12.4 Å². The molecule has 0 saturated carbocycles. The molecule has 0 aliphatic carbocycles. The minimum atomic E-state index is 0.342. The molecule has 0 unspecified atom stereocenters. The van der Waals surface area contributed by atoms with Crippen LogP contribution in [-0.4, -0.2) is 33.3 Å². The number of nitrogens with one attached hydrogen (secondary N) is 1. The van der Waals surface area contributed by atoms with Crippen LogP contribution in [0.5, 0.6) is 5.75 Å². The molecule has 0 spiro atoms. The molecule has 2 heterocycles. The molecule has 6 heteroatoms. The molecule has 0 bridgehead atoms. The maximum absolute atomic E-state index is 5.85. The van der Waals surface area contributed by atoms with Gasteiger partial charge in [0.05, 0.1) is 0 Å². The quantitative estimate of drug-likeness (QED) is 0.722. The highest BCUT2D eigenvalue weighted by molar-refractivity contribution is 5.52. The average Bonchev–Trinajstić information content (AvgIpc) is 3.11. The fraction of sp³-hybridized carbons (Fsp3) is 0.278. The van der Waals surface area contributed by atoms with Gasteiger partial charge in [-0.3, -0.25) is 10.1 Å². The second-order valence-electron chi connectivity index (χ2n) is 5.31. The lowest BCUT2D eigenvalue weighted by Gasteiger charge is -2.21. The van der Waals surface area contributed by atoms with Crippen molar-refractivity contribution in [3.63, 3.8) is 0 Å². The van der Waals surface area contributed by atoms with Crippen molar-refractivity contribution in [1.29, 1.82) is 0 Å². The second-order valence-corrected chi connectivity index (χ2v) is 5.31. The van der Waals surface area contributed by atoms with E-state index in [0.717, 1.165) is 30.1 Å². The molecular formula is C18H21N5O. The van der Waals surface area contributed by atoms with E-state index in [9.17, 15) is 0 Å². The zero-order valence-corrected chi connectivity index (χ0v) is 13.9. The molecule has 0 radical (unpaired) electrons. The lowest BCUT2D eigenvalue weighted by molar-refractivity contribution is 0.296. The Morgan fingerprint density at radius 2 is 2.00 bits per heavy atom. The highest BCUT2D eigenvalue weighted by Gasteiger charge is 2.07. The van der Waals surface area contributed by atoms with Crippen molar-refractivity contribution in [2.45, 2.75) is 20.5 Å². The summed E-state index contributed by atoms with van der Waals surface area (Å²) in [5.74, 6) is 2.12. The van der Waals surface area contributed by atoms with Crippen molar-refractivity contribution in [2.75, 3.05) is 18.0 Å². The van der Waals surface area contributed by atoms with Gasteiger partial charge in [-0.25, -0.2) is 4.98 Å². The van der Waals surface area contributed by atoms with Crippen molar-refractivity contribution in [3.8, 4) is 17.1 Å². The SMILES string of the molecule is CCN(CC)c1cccc(OCc2nc(-c3cccnc3)n[nH]2)c1. The summed E-state index contributed by atoms with van der Waals surface area (Å²) < 4.78 is 5.85. The molecular weight excluding hydrogens is 302 g/mol. The van der Waals surface area contributed by atoms with Crippen LogP contribution in [-0.2, 0) is 6.61 Å². The molecule has 24 heavy (non-hydrogen) atoms. The fourth-order valence-electron chi connectivity index (χ4n) is 2.49. The molecule has 1 aromatic carbocycles. The van der Waals surface area contributed by atoms with E-state index in [1.807, 2.05) is 30.3 Å². The summed E-state index contributed by atoms with van der Waals surface area (Å²) >= 11 is 0. The van der Waals surface area contributed by atoms with E-state index in [-0.39, 0.29) is 0 Å². The third-order valence-electron chi connectivity index (χ3n) is 3.77. The Morgan fingerprint density at radius 1 is 1.12 bits per heavy atom. The zero-order valence-electron chi connectivity index (χ0n) is 13.9. The number of pyridine rings is 1. The van der Waals surface area contributed by atoms with Crippen LogP contribution in [0.3, 0.4) is 0 Å². The zero-order chi connectivity index (χ0) is 16.8. The smallest absolute Gasteiger partial charge is 0.182 e. The van der Waals surface area contributed by atoms with E-state index in [4.69, 9.17) is 4.74 Å². The van der Waals surface area contributed by atoms with Crippen LogP contribution in [0.25, 0.3) is 11.4 Å². The van der Waals surface area contributed by atoms with Crippen LogP contribution < -0.4 is 9.64 Å². The molecule has 0 amide bonds. The molecule has 0 aliphatic rings. The topological polar surface area (TPSA) is 66.9 Å². The molecule has 6 nitrogen and oxygen atoms in total. The van der Waals surface area contributed by atoms with Gasteiger partial charge in [0, 0.05) is 42.8 Å². The van der Waals surface area contributed by atoms with Gasteiger partial charge >= 0.3 is 0 Å². The van der Waals surface area contributed by atoms with Crippen molar-refractivity contribution < 1.29 is 4.74 Å². The Balaban J connectivity index is 1.66. The first kappa shape index (κ1) is 16.0. The number of ether oxygens (including phenoxy) is 1. The molecule has 0 aliphatic heterocycles. The number of anilines is 1. The normalized spacial score (nSPS) is 10.6. The van der Waals surface area contributed by atoms with Crippen molar-refractivity contribution in [1.82, 2.24) is 20.2 Å². The molecule has 0 saturated heterocycles. The van der Waals surface area contributed by atoms with Crippen LogP contribution in [0.15, 0.2) is 48.8 Å². The van der Waals surface area contributed by atoms with E-state index in [2.05, 4.69) is 45.0 Å². The Labute approximate surface area is 141 Å². The summed E-state index contributed by atoms with van der Waals surface area (Å²) in [6.07, 6.45) is 3.46. The van der Waals surface area contributed by atoms with Crippen molar-refractivity contribution in [3.05, 3.63) is 54.6 Å². The maximum atomic E-state index is 5.85. The number of nitrogens with zero attached hydrogens (tertiary/aromatic N) is 4. The van der Waals surface area contributed by atoms with Crippen LogP contribution in [0, 0.1) is 0 Å². The average molecular weight is 323 g/mol. The molecule has 0 fully saturated rings. The van der Waals surface area contributed by atoms with Crippen LogP contribution in [0.2, 0.25) is 0 Å². The number of rotatable bonds is 7. The van der Waals surface area contributed by atoms with Gasteiger partial charge in [-0.05, 0) is 38.1 Å². The Morgan fingerprint density at radius 3 is 2.75 bits per heavy atom. The number of aromatic nitrogens is 4. The number of benzene rings is 1. The first-order valence-electron chi connectivity index (χ1n) is 8.09. The summed E-state index contributed by atoms with van der Waals surface area (Å²) in [5, 5.41) is 7.12. The first-order chi connectivity index (χ1) is 11.8. The van der Waals surface area contributed by atoms with E-state index in [1.165, 1.54) is 0 Å². The predicted molar refractivity (Wildman–Crippen MR) is 93.9 cm³/mol. The Bertz CT molecular complexity index is 768. The lowest BCUT2D eigenvalue weighted by atomic mass is 10.2. The third-order valence-corrected chi connectivity index (χ3v) is 3.77. The van der Waals surface area contributed by atoms with Gasteiger partial charge in [0.1, 0.15) is 12.4 Å². The van der Waals surface area contributed by atoms with Crippen molar-refractivity contribution in [2.24, 2.45) is 0 Å². The van der Waals surface area contributed by atoms with Gasteiger partial charge < -0.3 is 9.64 Å². The van der Waals surface area contributed by atoms with Gasteiger partial charge in [0.15, 0.2) is 11.6 Å². The highest BCUT2D eigenvalue weighted by atomic mass is 16.5. The van der Waals surface area contributed by atoms with E-state index in [0.29, 0.717) is 18.3 Å².